The number of carbonyl (C=O) groups excluding carboxylic acids is 1. The van der Waals surface area contributed by atoms with Gasteiger partial charge in [0.15, 0.2) is 0 Å². The van der Waals surface area contributed by atoms with Crippen LogP contribution in [0.5, 0.6) is 0 Å². The van der Waals surface area contributed by atoms with Crippen LogP contribution in [0.15, 0.2) is 0 Å². The van der Waals surface area contributed by atoms with Gasteiger partial charge in [0.05, 0.1) is 0 Å². The van der Waals surface area contributed by atoms with Crippen molar-refractivity contribution in [3.05, 3.63) is 0 Å². The molecule has 0 fully saturated rings. The molecule has 0 saturated carbocycles. The fourth-order valence-corrected chi connectivity index (χ4v) is 3.21. The third-order valence-electron chi connectivity index (χ3n) is 2.90. The number of ketones is 1. The van der Waals surface area contributed by atoms with E-state index in [1.165, 1.54) is 48.7 Å². The van der Waals surface area contributed by atoms with Gasteiger partial charge < -0.3 is 0 Å². The summed E-state index contributed by atoms with van der Waals surface area (Å²) in [7, 11) is 0. The monoisotopic (exact) mass is 290 g/mol. The lowest BCUT2D eigenvalue weighted by Gasteiger charge is -2.02. The van der Waals surface area contributed by atoms with Crippen molar-refractivity contribution >= 4 is 29.3 Å². The summed E-state index contributed by atoms with van der Waals surface area (Å²) in [4.78, 5) is 11.6. The molecule has 0 radical (unpaired) electrons. The number of thioether (sulfide) groups is 2. The van der Waals surface area contributed by atoms with Crippen molar-refractivity contribution in [1.82, 2.24) is 0 Å². The predicted octanol–water partition coefficient (Wildman–Crippen LogP) is 5.18. The van der Waals surface area contributed by atoms with Gasteiger partial charge in [0, 0.05) is 12.8 Å². The molecule has 0 aliphatic carbocycles. The normalized spacial score (nSPS) is 10.8. The van der Waals surface area contributed by atoms with Crippen LogP contribution in [0.3, 0.4) is 0 Å². The van der Waals surface area contributed by atoms with Crippen molar-refractivity contribution in [1.29, 1.82) is 0 Å². The molecule has 1 nitrogen and oxygen atoms in total. The Morgan fingerprint density at radius 2 is 1.17 bits per heavy atom. The minimum Gasteiger partial charge on any atom is -0.300 e. The molecule has 18 heavy (non-hydrogen) atoms. The molecule has 0 amide bonds. The zero-order valence-electron chi connectivity index (χ0n) is 12.2. The molecule has 0 aromatic carbocycles. The molecule has 0 aromatic rings. The quantitative estimate of drug-likeness (QED) is 0.410. The van der Waals surface area contributed by atoms with Crippen LogP contribution in [0.1, 0.15) is 65.2 Å². The maximum atomic E-state index is 11.6. The molecule has 0 heterocycles. The van der Waals surface area contributed by atoms with E-state index in [4.69, 9.17) is 0 Å². The Bertz CT molecular complexity index is 165. The molecule has 0 atom stereocenters. The Hall–Kier alpha value is 0.370. The minimum atomic E-state index is 0.487. The molecular weight excluding hydrogens is 260 g/mol. The zero-order valence-corrected chi connectivity index (χ0v) is 13.8. The van der Waals surface area contributed by atoms with Crippen molar-refractivity contribution in [3.63, 3.8) is 0 Å². The number of rotatable bonds is 14. The van der Waals surface area contributed by atoms with Crippen LogP contribution in [-0.4, -0.2) is 28.8 Å². The molecule has 0 unspecified atom stereocenters. The third-order valence-corrected chi connectivity index (χ3v) is 4.87. The van der Waals surface area contributed by atoms with E-state index < -0.39 is 0 Å². The predicted molar refractivity (Wildman–Crippen MR) is 87.9 cm³/mol. The Kier molecular flexibility index (Phi) is 15.7. The SMILES string of the molecule is CCSCCCCCC(=O)CCCCCSCC. The van der Waals surface area contributed by atoms with Gasteiger partial charge in [0.1, 0.15) is 5.78 Å². The van der Waals surface area contributed by atoms with Crippen molar-refractivity contribution in [2.75, 3.05) is 23.0 Å². The highest BCUT2D eigenvalue weighted by Gasteiger charge is 2.01. The Morgan fingerprint density at radius 1 is 0.722 bits per heavy atom. The highest BCUT2D eigenvalue weighted by atomic mass is 32.2. The van der Waals surface area contributed by atoms with E-state index in [0.29, 0.717) is 5.78 Å². The molecule has 0 aliphatic rings. The van der Waals surface area contributed by atoms with Crippen molar-refractivity contribution < 1.29 is 4.79 Å². The minimum absolute atomic E-state index is 0.487. The summed E-state index contributed by atoms with van der Waals surface area (Å²) in [6.07, 6.45) is 8.86. The van der Waals surface area contributed by atoms with Crippen LogP contribution < -0.4 is 0 Å². The molecule has 0 rings (SSSR count). The van der Waals surface area contributed by atoms with Crippen LogP contribution in [-0.2, 0) is 4.79 Å². The molecule has 0 saturated heterocycles. The number of unbranched alkanes of at least 4 members (excludes halogenated alkanes) is 4. The lowest BCUT2D eigenvalue weighted by molar-refractivity contribution is -0.119. The largest absolute Gasteiger partial charge is 0.300 e. The van der Waals surface area contributed by atoms with Crippen molar-refractivity contribution in [3.8, 4) is 0 Å². The highest BCUT2D eigenvalue weighted by molar-refractivity contribution is 7.99. The van der Waals surface area contributed by atoms with E-state index in [2.05, 4.69) is 13.8 Å². The Morgan fingerprint density at radius 3 is 1.56 bits per heavy atom. The van der Waals surface area contributed by atoms with Crippen LogP contribution in [0, 0.1) is 0 Å². The van der Waals surface area contributed by atoms with Gasteiger partial charge in [-0.15, -0.1) is 0 Å². The second-order valence-electron chi connectivity index (χ2n) is 4.55. The van der Waals surface area contributed by atoms with Gasteiger partial charge in [-0.05, 0) is 48.7 Å². The first-order valence-electron chi connectivity index (χ1n) is 7.48. The Labute approximate surface area is 122 Å². The summed E-state index contributed by atoms with van der Waals surface area (Å²) in [5.74, 6) is 5.45. The summed E-state index contributed by atoms with van der Waals surface area (Å²) >= 11 is 4.01. The molecule has 0 aliphatic heterocycles. The van der Waals surface area contributed by atoms with Gasteiger partial charge in [-0.1, -0.05) is 26.7 Å². The van der Waals surface area contributed by atoms with Gasteiger partial charge in [0.25, 0.3) is 0 Å². The molecule has 0 bridgehead atoms. The zero-order chi connectivity index (χ0) is 13.5. The topological polar surface area (TPSA) is 17.1 Å². The van der Waals surface area contributed by atoms with Crippen LogP contribution in [0.4, 0.5) is 0 Å². The first-order chi connectivity index (χ1) is 8.81. The second-order valence-corrected chi connectivity index (χ2v) is 7.34. The third kappa shape index (κ3) is 14.4. The van der Waals surface area contributed by atoms with E-state index in [9.17, 15) is 4.79 Å². The summed E-state index contributed by atoms with van der Waals surface area (Å²) < 4.78 is 0. The number of carbonyl (C=O) groups is 1. The van der Waals surface area contributed by atoms with Gasteiger partial charge >= 0.3 is 0 Å². The first kappa shape index (κ1) is 18.4. The molecule has 0 aromatic heterocycles. The maximum Gasteiger partial charge on any atom is 0.132 e. The van der Waals surface area contributed by atoms with Crippen LogP contribution in [0.25, 0.3) is 0 Å². The summed E-state index contributed by atoms with van der Waals surface area (Å²) in [6.45, 7) is 4.40. The smallest absolute Gasteiger partial charge is 0.132 e. The summed E-state index contributed by atoms with van der Waals surface area (Å²) in [6, 6.07) is 0. The lowest BCUT2D eigenvalue weighted by Crippen LogP contribution is -1.98. The maximum absolute atomic E-state index is 11.6. The summed E-state index contributed by atoms with van der Waals surface area (Å²) in [5, 5.41) is 0. The second kappa shape index (κ2) is 15.4. The van der Waals surface area contributed by atoms with E-state index >= 15 is 0 Å². The molecule has 0 N–H and O–H groups in total. The van der Waals surface area contributed by atoms with Crippen LogP contribution >= 0.6 is 23.5 Å². The average molecular weight is 291 g/mol. The first-order valence-corrected chi connectivity index (χ1v) is 9.79. The van der Waals surface area contributed by atoms with E-state index in [1.54, 1.807) is 0 Å². The molecule has 108 valence electrons. The van der Waals surface area contributed by atoms with E-state index in [0.717, 1.165) is 25.7 Å². The van der Waals surface area contributed by atoms with Gasteiger partial charge in [-0.3, -0.25) is 4.79 Å². The summed E-state index contributed by atoms with van der Waals surface area (Å²) in [5.41, 5.74) is 0. The van der Waals surface area contributed by atoms with Gasteiger partial charge in [-0.2, -0.15) is 23.5 Å². The Balaban J connectivity index is 3.12. The molecule has 3 heteroatoms. The fraction of sp³-hybridized carbons (Fsp3) is 0.933. The molecular formula is C15H30OS2. The fourth-order valence-electron chi connectivity index (χ4n) is 1.82. The van der Waals surface area contributed by atoms with Gasteiger partial charge in [-0.25, -0.2) is 0 Å². The van der Waals surface area contributed by atoms with E-state index in [-0.39, 0.29) is 0 Å². The number of hydrogen-bond donors (Lipinski definition) is 0. The lowest BCUT2D eigenvalue weighted by atomic mass is 10.1. The highest BCUT2D eigenvalue weighted by Crippen LogP contribution is 2.11. The van der Waals surface area contributed by atoms with Crippen molar-refractivity contribution in [2.45, 2.75) is 65.2 Å². The van der Waals surface area contributed by atoms with Crippen molar-refractivity contribution in [2.24, 2.45) is 0 Å². The van der Waals surface area contributed by atoms with Gasteiger partial charge in [0.2, 0.25) is 0 Å². The number of hydrogen-bond acceptors (Lipinski definition) is 3. The number of Topliss-reactive ketones (excluding diaryl/α,β-unsaturated/α-hetero) is 1. The van der Waals surface area contributed by atoms with E-state index in [1.807, 2.05) is 23.5 Å². The molecule has 0 spiro atoms. The standard InChI is InChI=1S/C15H30OS2/c1-3-17-13-9-5-7-11-15(16)12-8-6-10-14-18-4-2/h3-14H2,1-2H3. The average Bonchev–Trinajstić information content (AvgIpc) is 2.38. The van der Waals surface area contributed by atoms with Crippen LogP contribution in [0.2, 0.25) is 0 Å².